The van der Waals surface area contributed by atoms with Gasteiger partial charge in [-0.25, -0.2) is 9.59 Å². The maximum Gasteiger partial charge on any atom is 0.329 e. The van der Waals surface area contributed by atoms with Crippen LogP contribution in [0.25, 0.3) is 11.0 Å². The molecule has 25 heavy (non-hydrogen) atoms. The molecule has 1 saturated carbocycles. The highest BCUT2D eigenvalue weighted by atomic mass is 16.2. The summed E-state index contributed by atoms with van der Waals surface area (Å²) in [4.78, 5) is 48.0. The number of rotatable bonds is 3. The van der Waals surface area contributed by atoms with E-state index in [2.05, 4.69) is 10.6 Å². The monoisotopic (exact) mass is 344 g/mol. The van der Waals surface area contributed by atoms with Crippen LogP contribution in [0.1, 0.15) is 32.2 Å². The summed E-state index contributed by atoms with van der Waals surface area (Å²) in [5.41, 5.74) is 1.47. The highest BCUT2D eigenvalue weighted by Crippen LogP contribution is 2.27. The number of nitrogens with zero attached hydrogens (tertiary/aromatic N) is 2. The molecule has 0 bridgehead atoms. The van der Waals surface area contributed by atoms with Crippen LogP contribution in [0.2, 0.25) is 0 Å². The Hall–Kier alpha value is -2.90. The Morgan fingerprint density at radius 2 is 2.00 bits per heavy atom. The molecule has 0 aliphatic heterocycles. The first-order chi connectivity index (χ1) is 11.9. The van der Waals surface area contributed by atoms with Crippen LogP contribution in [0.5, 0.6) is 0 Å². The first-order valence-electron chi connectivity index (χ1n) is 8.22. The Morgan fingerprint density at radius 3 is 2.68 bits per heavy atom. The fourth-order valence-corrected chi connectivity index (χ4v) is 3.21. The number of amides is 2. The molecule has 2 N–H and O–H groups in total. The second-order valence-electron chi connectivity index (χ2n) is 6.14. The predicted octanol–water partition coefficient (Wildman–Crippen LogP) is 1.34. The van der Waals surface area contributed by atoms with Crippen molar-refractivity contribution in [2.24, 2.45) is 7.05 Å². The third kappa shape index (κ3) is 3.07. The Labute approximate surface area is 143 Å². The van der Waals surface area contributed by atoms with Gasteiger partial charge in [-0.1, -0.05) is 0 Å². The maximum absolute atomic E-state index is 12.6. The molecule has 1 aromatic carbocycles. The van der Waals surface area contributed by atoms with Crippen molar-refractivity contribution in [3.05, 3.63) is 28.7 Å². The summed E-state index contributed by atoms with van der Waals surface area (Å²) in [7, 11) is 1.62. The van der Waals surface area contributed by atoms with E-state index >= 15 is 0 Å². The number of urea groups is 1. The van der Waals surface area contributed by atoms with Gasteiger partial charge in [0.1, 0.15) is 5.78 Å². The topological polar surface area (TPSA) is 102 Å². The second kappa shape index (κ2) is 6.54. The lowest BCUT2D eigenvalue weighted by molar-refractivity contribution is -0.132. The molecule has 1 fully saturated rings. The third-order valence-electron chi connectivity index (χ3n) is 4.44. The average molecular weight is 344 g/mol. The normalized spacial score (nSPS) is 17.8. The number of carbonyl (C=O) groups is 3. The van der Waals surface area contributed by atoms with Gasteiger partial charge in [0.25, 0.3) is 0 Å². The van der Waals surface area contributed by atoms with E-state index in [9.17, 15) is 19.2 Å². The largest absolute Gasteiger partial charge is 0.338 e. The van der Waals surface area contributed by atoms with Crippen LogP contribution in [0.15, 0.2) is 23.0 Å². The minimum atomic E-state index is -0.615. The summed E-state index contributed by atoms with van der Waals surface area (Å²) in [5.74, 6) is -0.307. The van der Waals surface area contributed by atoms with Crippen molar-refractivity contribution in [2.75, 3.05) is 11.9 Å². The molecule has 8 nitrogen and oxygen atoms in total. The SMILES string of the molecule is CCNC(=O)Nc1ccc2c(c1)n(C)c(=O)n2C1CCC(=O)CC1=O. The van der Waals surface area contributed by atoms with Crippen LogP contribution in [0, 0.1) is 0 Å². The Balaban J connectivity index is 2.02. The van der Waals surface area contributed by atoms with Gasteiger partial charge >= 0.3 is 11.7 Å². The van der Waals surface area contributed by atoms with E-state index in [0.717, 1.165) is 0 Å². The summed E-state index contributed by atoms with van der Waals surface area (Å²) < 4.78 is 2.90. The number of benzene rings is 1. The van der Waals surface area contributed by atoms with E-state index in [-0.39, 0.29) is 29.7 Å². The number of Topliss-reactive ketones (excluding diaryl/α,β-unsaturated/α-hetero) is 2. The number of aromatic nitrogens is 2. The molecule has 1 aliphatic carbocycles. The molecular weight excluding hydrogens is 324 g/mol. The number of imidazole rings is 1. The smallest absolute Gasteiger partial charge is 0.329 e. The molecule has 8 heteroatoms. The van der Waals surface area contributed by atoms with Crippen molar-refractivity contribution in [3.63, 3.8) is 0 Å². The van der Waals surface area contributed by atoms with E-state index in [1.807, 2.05) is 6.92 Å². The Kier molecular flexibility index (Phi) is 4.43. The zero-order valence-electron chi connectivity index (χ0n) is 14.2. The first-order valence-corrected chi connectivity index (χ1v) is 8.22. The summed E-state index contributed by atoms with van der Waals surface area (Å²) in [6.45, 7) is 2.32. The molecule has 3 rings (SSSR count). The second-order valence-corrected chi connectivity index (χ2v) is 6.14. The molecule has 2 amide bonds. The summed E-state index contributed by atoms with van der Waals surface area (Å²) in [5, 5.41) is 5.33. The van der Waals surface area contributed by atoms with Crippen LogP contribution < -0.4 is 16.3 Å². The highest BCUT2D eigenvalue weighted by molar-refractivity contribution is 6.03. The zero-order valence-corrected chi connectivity index (χ0v) is 14.2. The van der Waals surface area contributed by atoms with Gasteiger partial charge in [-0.2, -0.15) is 0 Å². The maximum atomic E-state index is 12.6. The van der Waals surface area contributed by atoms with Crippen LogP contribution in [0.3, 0.4) is 0 Å². The number of fused-ring (bicyclic) bond motifs is 1. The van der Waals surface area contributed by atoms with E-state index in [4.69, 9.17) is 0 Å². The third-order valence-corrected chi connectivity index (χ3v) is 4.44. The predicted molar refractivity (Wildman–Crippen MR) is 92.8 cm³/mol. The number of carbonyl (C=O) groups excluding carboxylic acids is 3. The van der Waals surface area contributed by atoms with Gasteiger partial charge in [0.05, 0.1) is 23.5 Å². The Morgan fingerprint density at radius 1 is 1.24 bits per heavy atom. The minimum Gasteiger partial charge on any atom is -0.338 e. The molecule has 132 valence electrons. The number of hydrogen-bond acceptors (Lipinski definition) is 4. The van der Waals surface area contributed by atoms with Gasteiger partial charge in [0, 0.05) is 25.7 Å². The van der Waals surface area contributed by atoms with Gasteiger partial charge in [-0.05, 0) is 31.5 Å². The molecule has 1 aromatic heterocycles. The van der Waals surface area contributed by atoms with Crippen molar-refractivity contribution in [1.29, 1.82) is 0 Å². The lowest BCUT2D eigenvalue weighted by Gasteiger charge is -2.21. The Bertz CT molecular complexity index is 925. The standard InChI is InChI=1S/C17H20N4O4/c1-3-18-16(24)19-10-4-6-12-14(8-10)20(2)17(25)21(12)13-7-5-11(22)9-15(13)23/h4,6,8,13H,3,5,7,9H2,1-2H3,(H2,18,19,24). The van der Waals surface area contributed by atoms with Crippen molar-refractivity contribution in [1.82, 2.24) is 14.5 Å². The molecule has 1 aliphatic rings. The lowest BCUT2D eigenvalue weighted by atomic mass is 9.93. The fourth-order valence-electron chi connectivity index (χ4n) is 3.21. The van der Waals surface area contributed by atoms with E-state index in [1.165, 1.54) is 9.13 Å². The molecule has 0 spiro atoms. The molecule has 1 heterocycles. The number of anilines is 1. The molecule has 1 atom stereocenters. The molecule has 0 radical (unpaired) electrons. The summed E-state index contributed by atoms with van der Waals surface area (Å²) >= 11 is 0. The van der Waals surface area contributed by atoms with Crippen LogP contribution in [-0.2, 0) is 16.6 Å². The van der Waals surface area contributed by atoms with Gasteiger partial charge in [-0.3, -0.25) is 18.7 Å². The van der Waals surface area contributed by atoms with Crippen molar-refractivity contribution in [2.45, 2.75) is 32.2 Å². The molecular formula is C17H20N4O4. The average Bonchev–Trinajstić information content (AvgIpc) is 2.80. The number of ketones is 2. The fraction of sp³-hybridized carbons (Fsp3) is 0.412. The molecule has 2 aromatic rings. The van der Waals surface area contributed by atoms with Gasteiger partial charge in [-0.15, -0.1) is 0 Å². The zero-order chi connectivity index (χ0) is 18.1. The van der Waals surface area contributed by atoms with E-state index < -0.39 is 6.04 Å². The van der Waals surface area contributed by atoms with E-state index in [0.29, 0.717) is 36.1 Å². The lowest BCUT2D eigenvalue weighted by Crippen LogP contribution is -2.34. The van der Waals surface area contributed by atoms with Crippen molar-refractivity contribution < 1.29 is 14.4 Å². The van der Waals surface area contributed by atoms with Crippen LogP contribution >= 0.6 is 0 Å². The van der Waals surface area contributed by atoms with Gasteiger partial charge in [0.2, 0.25) is 0 Å². The van der Waals surface area contributed by atoms with Crippen molar-refractivity contribution >= 4 is 34.3 Å². The quantitative estimate of drug-likeness (QED) is 0.820. The van der Waals surface area contributed by atoms with Gasteiger partial charge in [0.15, 0.2) is 5.78 Å². The number of nitrogens with one attached hydrogen (secondary N) is 2. The summed E-state index contributed by atoms with van der Waals surface area (Å²) in [6.07, 6.45) is 0.524. The minimum absolute atomic E-state index is 0.0806. The number of hydrogen-bond donors (Lipinski definition) is 2. The first kappa shape index (κ1) is 16.9. The van der Waals surface area contributed by atoms with Crippen molar-refractivity contribution in [3.8, 4) is 0 Å². The molecule has 0 saturated heterocycles. The van der Waals surface area contributed by atoms with E-state index in [1.54, 1.807) is 25.2 Å². The van der Waals surface area contributed by atoms with Gasteiger partial charge < -0.3 is 10.6 Å². The summed E-state index contributed by atoms with van der Waals surface area (Å²) in [6, 6.07) is 4.15. The van der Waals surface area contributed by atoms with Crippen LogP contribution in [-0.4, -0.2) is 33.3 Å². The van der Waals surface area contributed by atoms with Crippen LogP contribution in [0.4, 0.5) is 10.5 Å². The number of aryl methyl sites for hydroxylation is 1. The highest BCUT2D eigenvalue weighted by Gasteiger charge is 2.31. The molecule has 1 unspecified atom stereocenters.